The van der Waals surface area contributed by atoms with Crippen molar-refractivity contribution in [2.45, 2.75) is 25.6 Å². The molecule has 1 heterocycles. The Hall–Kier alpha value is -0.840. The van der Waals surface area contributed by atoms with Crippen LogP contribution in [0.5, 0.6) is 0 Å². The van der Waals surface area contributed by atoms with E-state index >= 15 is 0 Å². The van der Waals surface area contributed by atoms with Crippen molar-refractivity contribution < 1.29 is 17.9 Å². The quantitative estimate of drug-likeness (QED) is 0.691. The second-order valence-corrected chi connectivity index (χ2v) is 4.70. The van der Waals surface area contributed by atoms with Crippen LogP contribution in [0, 0.1) is 11.3 Å². The van der Waals surface area contributed by atoms with Gasteiger partial charge in [-0.3, -0.25) is 4.90 Å². The summed E-state index contributed by atoms with van der Waals surface area (Å²) in [5, 5.41) is 8.81. The molecule has 0 N–H and O–H groups in total. The van der Waals surface area contributed by atoms with Crippen molar-refractivity contribution in [2.24, 2.45) is 0 Å². The van der Waals surface area contributed by atoms with E-state index in [-0.39, 0.29) is 12.6 Å². The molecule has 0 bridgehead atoms. The van der Waals surface area contributed by atoms with E-state index in [1.165, 1.54) is 0 Å². The van der Waals surface area contributed by atoms with Gasteiger partial charge in [0.2, 0.25) is 0 Å². The van der Waals surface area contributed by atoms with Crippen LogP contribution in [0.4, 0.5) is 13.2 Å². The van der Waals surface area contributed by atoms with Crippen molar-refractivity contribution in [1.29, 1.82) is 5.26 Å². The maximum atomic E-state index is 11.8. The number of piperazine rings is 1. The molecule has 1 aliphatic heterocycles. The van der Waals surface area contributed by atoms with Crippen LogP contribution in [0.25, 0.3) is 0 Å². The third-order valence-corrected chi connectivity index (χ3v) is 3.17. The first-order chi connectivity index (χ1) is 8.92. The molecule has 0 amide bonds. The monoisotopic (exact) mass is 279 g/mol. The van der Waals surface area contributed by atoms with Gasteiger partial charge in [-0.1, -0.05) is 0 Å². The van der Waals surface area contributed by atoms with Gasteiger partial charge >= 0.3 is 6.18 Å². The highest BCUT2D eigenvalue weighted by atomic mass is 19.4. The van der Waals surface area contributed by atoms with Crippen molar-refractivity contribution >= 4 is 0 Å². The first-order valence-corrected chi connectivity index (χ1v) is 6.43. The predicted molar refractivity (Wildman–Crippen MR) is 64.6 cm³/mol. The van der Waals surface area contributed by atoms with Gasteiger partial charge in [-0.15, -0.1) is 0 Å². The second-order valence-electron chi connectivity index (χ2n) is 4.70. The Morgan fingerprint density at radius 3 is 2.42 bits per heavy atom. The summed E-state index contributed by atoms with van der Waals surface area (Å²) in [5.41, 5.74) is 0. The van der Waals surface area contributed by atoms with E-state index in [2.05, 4.69) is 20.6 Å². The fraction of sp³-hybridized carbons (Fsp3) is 0.917. The van der Waals surface area contributed by atoms with Gasteiger partial charge in [0.25, 0.3) is 0 Å². The molecule has 0 aromatic rings. The van der Waals surface area contributed by atoms with E-state index in [1.54, 1.807) is 0 Å². The van der Waals surface area contributed by atoms with E-state index in [1.807, 2.05) is 6.92 Å². The normalized spacial score (nSPS) is 20.2. The number of halogens is 3. The summed E-state index contributed by atoms with van der Waals surface area (Å²) in [5.74, 6) is 0. The zero-order chi connectivity index (χ0) is 14.3. The largest absolute Gasteiger partial charge is 0.411 e. The minimum atomic E-state index is -4.24. The van der Waals surface area contributed by atoms with E-state index in [4.69, 9.17) is 5.26 Å². The molecular formula is C12H20F3N3O. The Kier molecular flexibility index (Phi) is 6.55. The molecule has 0 aromatic heterocycles. The van der Waals surface area contributed by atoms with Crippen LogP contribution in [-0.2, 0) is 4.74 Å². The molecule has 0 saturated carbocycles. The van der Waals surface area contributed by atoms with Gasteiger partial charge in [0.05, 0.1) is 12.1 Å². The van der Waals surface area contributed by atoms with Crippen molar-refractivity contribution in [2.75, 3.05) is 45.9 Å². The van der Waals surface area contributed by atoms with Gasteiger partial charge in [-0.2, -0.15) is 18.4 Å². The van der Waals surface area contributed by atoms with Gasteiger partial charge in [0.15, 0.2) is 0 Å². The Labute approximate surface area is 111 Å². The molecule has 1 atom stereocenters. The smallest absolute Gasteiger partial charge is 0.372 e. The summed E-state index contributed by atoms with van der Waals surface area (Å²) >= 11 is 0. The van der Waals surface area contributed by atoms with Crippen LogP contribution >= 0.6 is 0 Å². The zero-order valence-electron chi connectivity index (χ0n) is 11.1. The third-order valence-electron chi connectivity index (χ3n) is 3.17. The van der Waals surface area contributed by atoms with Crippen LogP contribution in [0.1, 0.15) is 13.3 Å². The fourth-order valence-corrected chi connectivity index (χ4v) is 2.03. The van der Waals surface area contributed by atoms with Crippen LogP contribution < -0.4 is 0 Å². The zero-order valence-corrected chi connectivity index (χ0v) is 11.1. The summed E-state index contributed by atoms with van der Waals surface area (Å²) < 4.78 is 40.0. The highest BCUT2D eigenvalue weighted by Crippen LogP contribution is 2.14. The Morgan fingerprint density at radius 2 is 1.89 bits per heavy atom. The summed E-state index contributed by atoms with van der Waals surface area (Å²) in [6.45, 7) is 4.95. The third kappa shape index (κ3) is 6.76. The summed E-state index contributed by atoms with van der Waals surface area (Å²) in [6, 6.07) is 2.13. The first-order valence-electron chi connectivity index (χ1n) is 6.43. The molecule has 0 spiro atoms. The standard InChI is InChI=1S/C12H20F3N3O/c1-11(9-16)18-6-4-17(5-7-18)3-2-8-19-10-12(13,14)15/h11H,2-8,10H2,1H3. The van der Waals surface area contributed by atoms with E-state index in [0.717, 1.165) is 32.7 Å². The predicted octanol–water partition coefficient (Wildman–Crippen LogP) is 1.49. The molecule has 0 aliphatic carbocycles. The lowest BCUT2D eigenvalue weighted by Gasteiger charge is -2.35. The van der Waals surface area contributed by atoms with Crippen LogP contribution in [0.15, 0.2) is 0 Å². The van der Waals surface area contributed by atoms with E-state index in [0.29, 0.717) is 6.42 Å². The summed E-state index contributed by atoms with van der Waals surface area (Å²) in [7, 11) is 0. The van der Waals surface area contributed by atoms with Crippen LogP contribution in [0.3, 0.4) is 0 Å². The van der Waals surface area contributed by atoms with Crippen molar-refractivity contribution in [1.82, 2.24) is 9.80 Å². The van der Waals surface area contributed by atoms with Crippen LogP contribution in [-0.4, -0.2) is 68.0 Å². The van der Waals surface area contributed by atoms with Gasteiger partial charge < -0.3 is 9.64 Å². The Balaban J connectivity index is 2.06. The van der Waals surface area contributed by atoms with Crippen molar-refractivity contribution in [3.63, 3.8) is 0 Å². The second kappa shape index (κ2) is 7.68. The average molecular weight is 279 g/mol. The Morgan fingerprint density at radius 1 is 1.26 bits per heavy atom. The fourth-order valence-electron chi connectivity index (χ4n) is 2.03. The summed E-state index contributed by atoms with van der Waals surface area (Å²) in [6.07, 6.45) is -3.64. The maximum absolute atomic E-state index is 11.8. The highest BCUT2D eigenvalue weighted by Gasteiger charge is 2.27. The number of ether oxygens (including phenoxy) is 1. The first kappa shape index (κ1) is 16.2. The molecule has 4 nitrogen and oxygen atoms in total. The number of alkyl halides is 3. The topological polar surface area (TPSA) is 39.5 Å². The van der Waals surface area contributed by atoms with E-state index < -0.39 is 12.8 Å². The highest BCUT2D eigenvalue weighted by molar-refractivity contribution is 4.90. The number of hydrogen-bond acceptors (Lipinski definition) is 4. The molecule has 1 aliphatic rings. The van der Waals surface area contributed by atoms with Crippen molar-refractivity contribution in [3.8, 4) is 6.07 Å². The molecule has 0 radical (unpaired) electrons. The molecule has 1 fully saturated rings. The number of nitrogens with zero attached hydrogens (tertiary/aromatic N) is 3. The van der Waals surface area contributed by atoms with Crippen molar-refractivity contribution in [3.05, 3.63) is 0 Å². The lowest BCUT2D eigenvalue weighted by Crippen LogP contribution is -2.49. The average Bonchev–Trinajstić information content (AvgIpc) is 2.37. The lowest BCUT2D eigenvalue weighted by atomic mass is 10.2. The molecule has 110 valence electrons. The minimum absolute atomic E-state index is 0.0720. The molecule has 19 heavy (non-hydrogen) atoms. The van der Waals surface area contributed by atoms with Gasteiger partial charge in [0, 0.05) is 39.3 Å². The minimum Gasteiger partial charge on any atom is -0.372 e. The molecule has 1 unspecified atom stereocenters. The SMILES string of the molecule is CC(C#N)N1CCN(CCCOCC(F)(F)F)CC1. The van der Waals surface area contributed by atoms with Crippen LogP contribution in [0.2, 0.25) is 0 Å². The van der Waals surface area contributed by atoms with Gasteiger partial charge in [-0.25, -0.2) is 0 Å². The maximum Gasteiger partial charge on any atom is 0.411 e. The van der Waals surface area contributed by atoms with E-state index in [9.17, 15) is 13.2 Å². The number of nitriles is 1. The summed E-state index contributed by atoms with van der Waals surface area (Å²) in [4.78, 5) is 4.30. The molecule has 1 rings (SSSR count). The van der Waals surface area contributed by atoms with Gasteiger partial charge in [0.1, 0.15) is 6.61 Å². The molecule has 7 heteroatoms. The lowest BCUT2D eigenvalue weighted by molar-refractivity contribution is -0.174. The van der Waals surface area contributed by atoms with Gasteiger partial charge in [-0.05, 0) is 13.3 Å². The Bertz CT molecular complexity index is 296. The molecule has 0 aromatic carbocycles. The number of rotatable bonds is 6. The number of hydrogen-bond donors (Lipinski definition) is 0. The molecular weight excluding hydrogens is 259 g/mol. The molecule has 1 saturated heterocycles.